The molecule has 1 unspecified atom stereocenters. The number of benzene rings is 1. The number of aryl methyl sites for hydroxylation is 1. The van der Waals surface area contributed by atoms with Gasteiger partial charge < -0.3 is 4.52 Å². The molecule has 1 rings (SSSR count). The summed E-state index contributed by atoms with van der Waals surface area (Å²) in [5.74, 6) is 0. The maximum atomic E-state index is 12.0. The molecule has 1 aromatic rings. The predicted molar refractivity (Wildman–Crippen MR) is 74.5 cm³/mol. The van der Waals surface area contributed by atoms with Crippen molar-refractivity contribution in [1.82, 2.24) is 0 Å². The van der Waals surface area contributed by atoms with Crippen molar-refractivity contribution in [3.05, 3.63) is 28.8 Å². The summed E-state index contributed by atoms with van der Waals surface area (Å²) in [6.07, 6.45) is -0.506. The summed E-state index contributed by atoms with van der Waals surface area (Å²) in [6.45, 7) is 4.83. The third-order valence-corrected chi connectivity index (χ3v) is 5.73. The zero-order valence-corrected chi connectivity index (χ0v) is 13.4. The van der Waals surface area contributed by atoms with Gasteiger partial charge in [-0.1, -0.05) is 23.7 Å². The minimum Gasteiger partial charge on any atom is -0.327 e. The van der Waals surface area contributed by atoms with E-state index in [1.807, 2.05) is 0 Å². The molecule has 0 aliphatic carbocycles. The molecule has 1 atom stereocenters. The van der Waals surface area contributed by atoms with E-state index < -0.39 is 23.8 Å². The fourth-order valence-electron chi connectivity index (χ4n) is 1.47. The molecule has 0 radical (unpaired) electrons. The second-order valence-electron chi connectivity index (χ2n) is 4.02. The number of hydrogen-bond acceptors (Lipinski definition) is 5. The molecule has 0 N–H and O–H groups in total. The van der Waals surface area contributed by atoms with E-state index in [1.165, 1.54) is 12.7 Å². The molecule has 19 heavy (non-hydrogen) atoms. The Kier molecular flexibility index (Phi) is 5.59. The van der Waals surface area contributed by atoms with Crippen molar-refractivity contribution in [3.63, 3.8) is 0 Å². The van der Waals surface area contributed by atoms with Crippen molar-refractivity contribution in [2.45, 2.75) is 18.7 Å². The molecule has 0 fully saturated rings. The van der Waals surface area contributed by atoms with Crippen LogP contribution in [0.25, 0.3) is 0 Å². The topological polar surface area (TPSA) is 69.7 Å². The highest BCUT2D eigenvalue weighted by Gasteiger charge is 2.25. The van der Waals surface area contributed by atoms with Gasteiger partial charge in [0.25, 0.3) is 10.1 Å². The molecule has 0 saturated heterocycles. The number of halogens is 1. The minimum atomic E-state index is -4.06. The first kappa shape index (κ1) is 16.7. The lowest BCUT2D eigenvalue weighted by Gasteiger charge is -2.14. The predicted octanol–water partition coefficient (Wildman–Crippen LogP) is 3.26. The lowest BCUT2D eigenvalue weighted by molar-refractivity contribution is 0.297. The smallest absolute Gasteiger partial charge is 0.299 e. The maximum absolute atomic E-state index is 12.0. The van der Waals surface area contributed by atoms with E-state index in [1.54, 1.807) is 26.0 Å². The summed E-state index contributed by atoms with van der Waals surface area (Å²) in [4.78, 5) is -0.104. The zero-order valence-electron chi connectivity index (χ0n) is 10.9. The average Bonchev–Trinajstić information content (AvgIpc) is 2.26. The van der Waals surface area contributed by atoms with Crippen LogP contribution >= 0.6 is 19.0 Å². The quantitative estimate of drug-likeness (QED) is 0.593. The van der Waals surface area contributed by atoms with E-state index in [-0.39, 0.29) is 16.5 Å². The van der Waals surface area contributed by atoms with E-state index in [2.05, 4.69) is 0 Å². The first-order valence-electron chi connectivity index (χ1n) is 5.55. The molecule has 108 valence electrons. The van der Waals surface area contributed by atoms with Crippen molar-refractivity contribution in [2.24, 2.45) is 0 Å². The van der Waals surface area contributed by atoms with Crippen LogP contribution in [0.15, 0.2) is 23.1 Å². The second-order valence-corrected chi connectivity index (χ2v) is 8.52. The molecule has 0 aromatic heterocycles. The standard InChI is InChI=1S/C11H16ClO5PS/c1-4-16-18(3,13)8-17-19(14,15)11-9(2)6-5-7-10(11)12/h5-7H,4,8H2,1-3H3. The van der Waals surface area contributed by atoms with Gasteiger partial charge in [0.1, 0.15) is 11.2 Å². The molecule has 0 aliphatic rings. The molecular weight excluding hydrogens is 311 g/mol. The van der Waals surface area contributed by atoms with E-state index in [0.717, 1.165) is 0 Å². The summed E-state index contributed by atoms with van der Waals surface area (Å²) in [5, 5.41) is 0.0716. The molecule has 0 aliphatic heterocycles. The van der Waals surface area contributed by atoms with Crippen LogP contribution in [-0.4, -0.2) is 28.0 Å². The SMILES string of the molecule is CCOP(C)(=O)COS(=O)(=O)c1c(C)cccc1Cl. The molecule has 0 amide bonds. The molecule has 5 nitrogen and oxygen atoms in total. The minimum absolute atomic E-state index is 0.0716. The fraction of sp³-hybridized carbons (Fsp3) is 0.455. The summed E-state index contributed by atoms with van der Waals surface area (Å²) in [7, 11) is -7.14. The van der Waals surface area contributed by atoms with Gasteiger partial charge >= 0.3 is 0 Å². The van der Waals surface area contributed by atoms with Crippen LogP contribution in [-0.2, 0) is 23.4 Å². The van der Waals surface area contributed by atoms with Crippen LogP contribution in [0.5, 0.6) is 0 Å². The molecular formula is C11H16ClO5PS. The lowest BCUT2D eigenvalue weighted by atomic mass is 10.2. The first-order chi connectivity index (χ1) is 8.69. The Hall–Kier alpha value is -0.390. The van der Waals surface area contributed by atoms with Crippen LogP contribution < -0.4 is 0 Å². The molecule has 0 bridgehead atoms. The lowest BCUT2D eigenvalue weighted by Crippen LogP contribution is -2.10. The highest BCUT2D eigenvalue weighted by molar-refractivity contribution is 7.87. The van der Waals surface area contributed by atoms with Gasteiger partial charge in [-0.05, 0) is 25.5 Å². The van der Waals surface area contributed by atoms with Crippen molar-refractivity contribution in [3.8, 4) is 0 Å². The van der Waals surface area contributed by atoms with Gasteiger partial charge in [-0.2, -0.15) is 8.42 Å². The van der Waals surface area contributed by atoms with Crippen LogP contribution in [0.3, 0.4) is 0 Å². The first-order valence-corrected chi connectivity index (χ1v) is 9.59. The van der Waals surface area contributed by atoms with Gasteiger partial charge in [0, 0.05) is 6.66 Å². The summed E-state index contributed by atoms with van der Waals surface area (Å²) >= 11 is 5.87. The Morgan fingerprint density at radius 3 is 2.53 bits per heavy atom. The Bertz CT molecular complexity index is 579. The van der Waals surface area contributed by atoms with Gasteiger partial charge in [-0.15, -0.1) is 0 Å². The van der Waals surface area contributed by atoms with Gasteiger partial charge in [0.15, 0.2) is 0 Å². The third kappa shape index (κ3) is 4.58. The van der Waals surface area contributed by atoms with Crippen molar-refractivity contribution in [1.29, 1.82) is 0 Å². The fourth-order valence-corrected chi connectivity index (χ4v) is 4.80. The normalized spacial score (nSPS) is 15.2. The van der Waals surface area contributed by atoms with Crippen molar-refractivity contribution < 1.29 is 21.7 Å². The van der Waals surface area contributed by atoms with Gasteiger partial charge in [-0.25, -0.2) is 0 Å². The van der Waals surface area contributed by atoms with E-state index in [4.69, 9.17) is 20.3 Å². The summed E-state index contributed by atoms with van der Waals surface area (Å²) in [6, 6.07) is 4.71. The van der Waals surface area contributed by atoms with Crippen molar-refractivity contribution in [2.75, 3.05) is 19.6 Å². The summed E-state index contributed by atoms with van der Waals surface area (Å²) in [5.41, 5.74) is 0.467. The number of rotatable bonds is 6. The van der Waals surface area contributed by atoms with Crippen LogP contribution in [0.1, 0.15) is 12.5 Å². The Morgan fingerprint density at radius 2 is 2.00 bits per heavy atom. The van der Waals surface area contributed by atoms with E-state index >= 15 is 0 Å². The average molecular weight is 327 g/mol. The molecule has 0 spiro atoms. The molecule has 0 saturated carbocycles. The van der Waals surface area contributed by atoms with Gasteiger partial charge in [0.05, 0.1) is 11.6 Å². The highest BCUT2D eigenvalue weighted by Crippen LogP contribution is 2.43. The summed E-state index contributed by atoms with van der Waals surface area (Å²) < 4.78 is 45.6. The van der Waals surface area contributed by atoms with Crippen LogP contribution in [0.2, 0.25) is 5.02 Å². The van der Waals surface area contributed by atoms with E-state index in [9.17, 15) is 13.0 Å². The molecule has 0 heterocycles. The van der Waals surface area contributed by atoms with Crippen LogP contribution in [0.4, 0.5) is 0 Å². The van der Waals surface area contributed by atoms with Gasteiger partial charge in [-0.3, -0.25) is 8.75 Å². The largest absolute Gasteiger partial charge is 0.327 e. The highest BCUT2D eigenvalue weighted by atomic mass is 35.5. The third-order valence-electron chi connectivity index (χ3n) is 2.26. The zero-order chi connectivity index (χ0) is 14.7. The molecule has 1 aromatic carbocycles. The van der Waals surface area contributed by atoms with E-state index in [0.29, 0.717) is 5.56 Å². The number of hydrogen-bond donors (Lipinski definition) is 0. The monoisotopic (exact) mass is 326 g/mol. The molecule has 8 heteroatoms. The maximum Gasteiger partial charge on any atom is 0.299 e. The second kappa shape index (κ2) is 6.37. The van der Waals surface area contributed by atoms with Gasteiger partial charge in [0.2, 0.25) is 7.37 Å². The Balaban J connectivity index is 2.98. The van der Waals surface area contributed by atoms with Crippen molar-refractivity contribution >= 4 is 29.1 Å². The Morgan fingerprint density at radius 1 is 1.37 bits per heavy atom. The van der Waals surface area contributed by atoms with Crippen LogP contribution in [0, 0.1) is 6.92 Å². The Labute approximate surface area is 118 Å².